The first kappa shape index (κ1) is 23.7. The predicted molar refractivity (Wildman–Crippen MR) is 121 cm³/mol. The second-order valence-electron chi connectivity index (χ2n) is 7.46. The van der Waals surface area contributed by atoms with Gasteiger partial charge in [-0.15, -0.1) is 0 Å². The predicted octanol–water partition coefficient (Wildman–Crippen LogP) is 3.84. The number of anilines is 1. The minimum atomic E-state index is -4.04. The van der Waals surface area contributed by atoms with Crippen molar-refractivity contribution in [3.05, 3.63) is 46.5 Å². The lowest BCUT2D eigenvalue weighted by Crippen LogP contribution is -2.38. The van der Waals surface area contributed by atoms with Gasteiger partial charge < -0.3 is 14.4 Å². The quantitative estimate of drug-likeness (QED) is 0.677. The van der Waals surface area contributed by atoms with Crippen LogP contribution in [0, 0.1) is 24.2 Å². The Morgan fingerprint density at radius 2 is 1.81 bits per heavy atom. The van der Waals surface area contributed by atoms with Crippen molar-refractivity contribution in [1.82, 2.24) is 4.90 Å². The highest BCUT2D eigenvalue weighted by molar-refractivity contribution is 7.92. The molecule has 32 heavy (non-hydrogen) atoms. The number of benzene rings is 2. The van der Waals surface area contributed by atoms with Gasteiger partial charge in [0.2, 0.25) is 0 Å². The molecule has 2 aromatic rings. The van der Waals surface area contributed by atoms with Crippen LogP contribution in [0.5, 0.6) is 11.5 Å². The van der Waals surface area contributed by atoms with Crippen molar-refractivity contribution in [1.29, 1.82) is 5.26 Å². The summed E-state index contributed by atoms with van der Waals surface area (Å²) in [6, 6.07) is 9.52. The number of nitrogens with one attached hydrogen (secondary N) is 1. The van der Waals surface area contributed by atoms with Crippen LogP contribution in [-0.4, -0.2) is 46.5 Å². The van der Waals surface area contributed by atoms with Crippen molar-refractivity contribution < 1.29 is 22.7 Å². The number of carbonyl (C=O) groups excluding carboxylic acids is 1. The molecular weight excluding hydrogens is 454 g/mol. The molecule has 3 rings (SSSR count). The van der Waals surface area contributed by atoms with Crippen molar-refractivity contribution in [2.75, 3.05) is 32.0 Å². The van der Waals surface area contributed by atoms with Crippen LogP contribution < -0.4 is 14.2 Å². The average molecular weight is 478 g/mol. The van der Waals surface area contributed by atoms with Crippen molar-refractivity contribution in [3.63, 3.8) is 0 Å². The number of aryl methyl sites for hydroxylation is 1. The third-order valence-electron chi connectivity index (χ3n) is 5.43. The Hall–Kier alpha value is -2.96. The molecule has 1 fully saturated rings. The molecule has 1 heterocycles. The van der Waals surface area contributed by atoms with Crippen LogP contribution in [0.25, 0.3) is 0 Å². The zero-order valence-corrected chi connectivity index (χ0v) is 19.6. The van der Waals surface area contributed by atoms with Crippen LogP contribution in [0.3, 0.4) is 0 Å². The van der Waals surface area contributed by atoms with Crippen LogP contribution in [-0.2, 0) is 10.0 Å². The Kier molecular flexibility index (Phi) is 7.16. The van der Waals surface area contributed by atoms with Crippen LogP contribution >= 0.6 is 11.6 Å². The van der Waals surface area contributed by atoms with E-state index in [1.807, 2.05) is 0 Å². The van der Waals surface area contributed by atoms with Gasteiger partial charge in [0, 0.05) is 30.6 Å². The van der Waals surface area contributed by atoms with E-state index < -0.39 is 10.0 Å². The smallest absolute Gasteiger partial charge is 0.262 e. The highest BCUT2D eigenvalue weighted by Gasteiger charge is 2.26. The lowest BCUT2D eigenvalue weighted by Gasteiger charge is -2.29. The molecule has 0 aromatic heterocycles. The summed E-state index contributed by atoms with van der Waals surface area (Å²) in [7, 11) is -1.20. The summed E-state index contributed by atoms with van der Waals surface area (Å²) in [4.78, 5) is 14.6. The molecule has 0 atom stereocenters. The van der Waals surface area contributed by atoms with Crippen LogP contribution in [0.1, 0.15) is 28.8 Å². The first-order valence-corrected chi connectivity index (χ1v) is 11.8. The van der Waals surface area contributed by atoms with Gasteiger partial charge in [0.05, 0.1) is 35.9 Å². The summed E-state index contributed by atoms with van der Waals surface area (Å²) in [6.45, 7) is 2.69. The molecule has 1 aliphatic rings. The molecule has 0 aliphatic carbocycles. The monoisotopic (exact) mass is 477 g/mol. The van der Waals surface area contributed by atoms with Gasteiger partial charge in [0.15, 0.2) is 0 Å². The Bertz CT molecular complexity index is 1170. The molecule has 0 bridgehead atoms. The third-order valence-corrected chi connectivity index (χ3v) is 7.09. The third kappa shape index (κ3) is 4.92. The Balaban J connectivity index is 1.89. The van der Waals surface area contributed by atoms with E-state index in [9.17, 15) is 13.2 Å². The summed E-state index contributed by atoms with van der Waals surface area (Å²) in [5, 5.41) is 9.27. The number of halogens is 1. The largest absolute Gasteiger partial charge is 0.495 e. The number of amides is 1. The van der Waals surface area contributed by atoms with Crippen LogP contribution in [0.15, 0.2) is 35.2 Å². The number of ether oxygens (including phenoxy) is 2. The molecule has 1 amide bonds. The maximum absolute atomic E-state index is 13.1. The van der Waals surface area contributed by atoms with Gasteiger partial charge in [-0.25, -0.2) is 8.42 Å². The normalized spacial score (nSPS) is 14.5. The molecule has 10 heteroatoms. The van der Waals surface area contributed by atoms with E-state index in [1.54, 1.807) is 17.9 Å². The lowest BCUT2D eigenvalue weighted by molar-refractivity contribution is 0.0706. The van der Waals surface area contributed by atoms with Crippen LogP contribution in [0.4, 0.5) is 5.69 Å². The number of carbonyl (C=O) groups is 1. The number of hydrogen-bond acceptors (Lipinski definition) is 6. The van der Waals surface area contributed by atoms with E-state index in [0.717, 1.165) is 0 Å². The molecule has 8 nitrogen and oxygen atoms in total. The second-order valence-corrected chi connectivity index (χ2v) is 9.55. The first-order chi connectivity index (χ1) is 15.2. The number of nitriles is 1. The highest BCUT2D eigenvalue weighted by Crippen LogP contribution is 2.37. The fraction of sp³-hybridized carbons (Fsp3) is 0.364. The Morgan fingerprint density at radius 1 is 1.16 bits per heavy atom. The number of piperidine rings is 1. The van der Waals surface area contributed by atoms with E-state index in [4.69, 9.17) is 26.3 Å². The zero-order chi connectivity index (χ0) is 23.5. The molecule has 0 spiro atoms. The molecule has 1 N–H and O–H groups in total. The summed E-state index contributed by atoms with van der Waals surface area (Å²) in [5.41, 5.74) is 1.12. The van der Waals surface area contributed by atoms with Gasteiger partial charge in [-0.1, -0.05) is 17.7 Å². The van der Waals surface area contributed by atoms with Gasteiger partial charge in [0.25, 0.3) is 15.9 Å². The highest BCUT2D eigenvalue weighted by atomic mass is 35.5. The van der Waals surface area contributed by atoms with Crippen molar-refractivity contribution in [2.45, 2.75) is 24.7 Å². The van der Waals surface area contributed by atoms with Gasteiger partial charge in [0.1, 0.15) is 11.5 Å². The maximum Gasteiger partial charge on any atom is 0.262 e. The summed E-state index contributed by atoms with van der Waals surface area (Å²) in [6.07, 6.45) is 1.22. The second kappa shape index (κ2) is 9.67. The fourth-order valence-corrected chi connectivity index (χ4v) is 4.85. The molecule has 1 saturated heterocycles. The average Bonchev–Trinajstić information content (AvgIpc) is 2.78. The standard InChI is InChI=1S/C22H24ClN3O5S/c1-14-4-5-16(10-17(14)22(27)26-8-6-15(13-24)7-9-26)32(28,29)25-19-11-18(23)20(30-2)12-21(19)31-3/h4-5,10-12,15,25H,6-9H2,1-3H3. The zero-order valence-electron chi connectivity index (χ0n) is 18.0. The molecular formula is C22H24ClN3O5S. The SMILES string of the molecule is COc1cc(OC)c(NS(=O)(=O)c2ccc(C)c(C(=O)N3CCC(C#N)CC3)c2)cc1Cl. The Morgan fingerprint density at radius 3 is 2.41 bits per heavy atom. The summed E-state index contributed by atoms with van der Waals surface area (Å²) in [5.74, 6) is 0.275. The number of hydrogen-bond donors (Lipinski definition) is 1. The van der Waals surface area contributed by atoms with E-state index in [-0.39, 0.29) is 33.2 Å². The number of nitrogens with zero attached hydrogens (tertiary/aromatic N) is 2. The minimum absolute atomic E-state index is 0.0534. The summed E-state index contributed by atoms with van der Waals surface area (Å²) >= 11 is 6.14. The lowest BCUT2D eigenvalue weighted by atomic mass is 9.97. The fourth-order valence-electron chi connectivity index (χ4n) is 3.52. The molecule has 2 aromatic carbocycles. The number of likely N-dealkylation sites (tertiary alicyclic amines) is 1. The van der Waals surface area contributed by atoms with Gasteiger partial charge >= 0.3 is 0 Å². The van der Waals surface area contributed by atoms with E-state index >= 15 is 0 Å². The molecule has 170 valence electrons. The van der Waals surface area contributed by atoms with Crippen molar-refractivity contribution in [3.8, 4) is 17.6 Å². The van der Waals surface area contributed by atoms with Gasteiger partial charge in [-0.2, -0.15) is 5.26 Å². The number of rotatable bonds is 6. The summed E-state index contributed by atoms with van der Waals surface area (Å²) < 4.78 is 39.0. The van der Waals surface area contributed by atoms with E-state index in [2.05, 4.69) is 10.8 Å². The first-order valence-electron chi connectivity index (χ1n) is 9.94. The van der Waals surface area contributed by atoms with E-state index in [1.165, 1.54) is 38.5 Å². The number of sulfonamides is 1. The van der Waals surface area contributed by atoms with Gasteiger partial charge in [-0.05, 0) is 43.5 Å². The Labute approximate surface area is 192 Å². The molecule has 1 aliphatic heterocycles. The van der Waals surface area contributed by atoms with Gasteiger partial charge in [-0.3, -0.25) is 9.52 Å². The van der Waals surface area contributed by atoms with E-state index in [0.29, 0.717) is 42.8 Å². The van der Waals surface area contributed by atoms with Crippen molar-refractivity contribution >= 4 is 33.2 Å². The molecule has 0 saturated carbocycles. The van der Waals surface area contributed by atoms with Crippen LogP contribution in [0.2, 0.25) is 5.02 Å². The number of methoxy groups -OCH3 is 2. The molecule has 0 unspecified atom stereocenters. The minimum Gasteiger partial charge on any atom is -0.495 e. The molecule has 0 radical (unpaired) electrons. The van der Waals surface area contributed by atoms with Crippen molar-refractivity contribution in [2.24, 2.45) is 5.92 Å². The topological polar surface area (TPSA) is 109 Å². The maximum atomic E-state index is 13.1.